The maximum atomic E-state index is 12.5. The monoisotopic (exact) mass is 331 g/mol. The fourth-order valence-corrected chi connectivity index (χ4v) is 4.64. The van der Waals surface area contributed by atoms with E-state index in [1.807, 2.05) is 6.08 Å². The molecular formula is C18H25N3O3. The number of hydroxylamine groups is 2. The van der Waals surface area contributed by atoms with Crippen LogP contribution < -0.4 is 0 Å². The molecule has 2 bridgehead atoms. The Morgan fingerprint density at radius 1 is 1.04 bits per heavy atom. The zero-order chi connectivity index (χ0) is 16.7. The van der Waals surface area contributed by atoms with E-state index in [-0.39, 0.29) is 35.5 Å². The minimum Gasteiger partial charge on any atom is -0.298 e. The van der Waals surface area contributed by atoms with Crippen molar-refractivity contribution in [3.63, 3.8) is 0 Å². The number of amides is 2. The summed E-state index contributed by atoms with van der Waals surface area (Å²) in [6, 6.07) is 0. The normalized spacial score (nSPS) is 35.9. The van der Waals surface area contributed by atoms with Crippen molar-refractivity contribution in [2.45, 2.75) is 6.42 Å². The standard InChI is InChI=1S/C18H25N3O3/c1-2-5-19-6-8-20(9-7-19)10-11-24-21-17(22)15-13-3-4-14(12-13)16(15)18(21)23/h2-4,13-16H,1,5-12H2/t13-,14+,15?,16?. The summed E-state index contributed by atoms with van der Waals surface area (Å²) in [4.78, 5) is 35.3. The number of carbonyl (C=O) groups excluding carboxylic acids is 2. The molecule has 1 saturated carbocycles. The van der Waals surface area contributed by atoms with Gasteiger partial charge in [0.1, 0.15) is 0 Å². The summed E-state index contributed by atoms with van der Waals surface area (Å²) in [5, 5.41) is 1.06. The van der Waals surface area contributed by atoms with Crippen molar-refractivity contribution >= 4 is 11.8 Å². The molecule has 24 heavy (non-hydrogen) atoms. The fourth-order valence-electron chi connectivity index (χ4n) is 4.64. The number of hydrogen-bond donors (Lipinski definition) is 0. The molecule has 4 aliphatic rings. The number of carbonyl (C=O) groups is 2. The molecule has 6 nitrogen and oxygen atoms in total. The van der Waals surface area contributed by atoms with Gasteiger partial charge in [-0.3, -0.25) is 24.2 Å². The summed E-state index contributed by atoms with van der Waals surface area (Å²) in [5.74, 6) is -0.119. The summed E-state index contributed by atoms with van der Waals surface area (Å²) in [6.45, 7) is 9.85. The molecule has 2 saturated heterocycles. The molecule has 0 spiro atoms. The number of imide groups is 1. The van der Waals surface area contributed by atoms with Gasteiger partial charge in [-0.2, -0.15) is 5.06 Å². The van der Waals surface area contributed by atoms with Gasteiger partial charge >= 0.3 is 0 Å². The Morgan fingerprint density at radius 2 is 1.62 bits per heavy atom. The topological polar surface area (TPSA) is 53.1 Å². The third-order valence-electron chi connectivity index (χ3n) is 5.91. The molecule has 6 heteroatoms. The molecule has 2 heterocycles. The van der Waals surface area contributed by atoms with Crippen molar-refractivity contribution in [1.29, 1.82) is 0 Å². The Bertz CT molecular complexity index is 538. The van der Waals surface area contributed by atoms with Gasteiger partial charge in [-0.05, 0) is 18.3 Å². The van der Waals surface area contributed by atoms with E-state index in [0.717, 1.165) is 50.8 Å². The van der Waals surface area contributed by atoms with Crippen LogP contribution in [0, 0.1) is 23.7 Å². The SMILES string of the molecule is C=CCN1CCN(CCON2C(=O)C3C(C2=O)[C@H]2C=C[C@@H]3C2)CC1. The molecule has 0 radical (unpaired) electrons. The smallest absolute Gasteiger partial charge is 0.258 e. The molecule has 0 aromatic heterocycles. The van der Waals surface area contributed by atoms with E-state index in [1.165, 1.54) is 0 Å². The maximum absolute atomic E-state index is 12.5. The van der Waals surface area contributed by atoms with Gasteiger partial charge < -0.3 is 0 Å². The van der Waals surface area contributed by atoms with Crippen LogP contribution in [0.15, 0.2) is 24.8 Å². The Balaban J connectivity index is 1.25. The van der Waals surface area contributed by atoms with Crippen LogP contribution in [0.1, 0.15) is 6.42 Å². The average molecular weight is 331 g/mol. The predicted molar refractivity (Wildman–Crippen MR) is 88.6 cm³/mol. The summed E-state index contributed by atoms with van der Waals surface area (Å²) in [5.41, 5.74) is 0. The molecule has 0 aromatic carbocycles. The lowest BCUT2D eigenvalue weighted by molar-refractivity contribution is -0.191. The highest BCUT2D eigenvalue weighted by Gasteiger charge is 2.60. The molecule has 3 fully saturated rings. The summed E-state index contributed by atoms with van der Waals surface area (Å²) < 4.78 is 0. The van der Waals surface area contributed by atoms with E-state index in [1.54, 1.807) is 0 Å². The number of nitrogens with zero attached hydrogens (tertiary/aromatic N) is 3. The summed E-state index contributed by atoms with van der Waals surface area (Å²) >= 11 is 0. The lowest BCUT2D eigenvalue weighted by Crippen LogP contribution is -2.47. The van der Waals surface area contributed by atoms with E-state index in [2.05, 4.69) is 28.5 Å². The van der Waals surface area contributed by atoms with Gasteiger partial charge in [-0.1, -0.05) is 18.2 Å². The molecule has 2 unspecified atom stereocenters. The van der Waals surface area contributed by atoms with Gasteiger partial charge in [0.05, 0.1) is 18.4 Å². The second-order valence-corrected chi connectivity index (χ2v) is 7.23. The lowest BCUT2D eigenvalue weighted by Gasteiger charge is -2.34. The van der Waals surface area contributed by atoms with Crippen LogP contribution in [0.25, 0.3) is 0 Å². The quantitative estimate of drug-likeness (QED) is 0.525. The first kappa shape index (κ1) is 16.0. The van der Waals surface area contributed by atoms with Crippen LogP contribution in [0.5, 0.6) is 0 Å². The number of piperazine rings is 1. The first-order chi connectivity index (χ1) is 11.7. The van der Waals surface area contributed by atoms with Gasteiger partial charge in [0.2, 0.25) is 0 Å². The van der Waals surface area contributed by atoms with E-state index < -0.39 is 0 Å². The number of fused-ring (bicyclic) bond motifs is 5. The van der Waals surface area contributed by atoms with E-state index in [9.17, 15) is 9.59 Å². The number of hydrogen-bond acceptors (Lipinski definition) is 5. The third kappa shape index (κ3) is 2.62. The highest BCUT2D eigenvalue weighted by Crippen LogP contribution is 2.52. The Hall–Kier alpha value is -1.50. The van der Waals surface area contributed by atoms with Gasteiger partial charge in [-0.25, -0.2) is 0 Å². The molecule has 0 N–H and O–H groups in total. The molecule has 4 rings (SSSR count). The summed E-state index contributed by atoms with van der Waals surface area (Å²) in [6.07, 6.45) is 7.09. The van der Waals surface area contributed by atoms with Crippen molar-refractivity contribution in [2.75, 3.05) is 45.9 Å². The number of rotatable bonds is 6. The Labute approximate surface area is 142 Å². The largest absolute Gasteiger partial charge is 0.298 e. The lowest BCUT2D eigenvalue weighted by atomic mass is 9.85. The van der Waals surface area contributed by atoms with Gasteiger partial charge in [0.25, 0.3) is 11.8 Å². The molecule has 0 aromatic rings. The maximum Gasteiger partial charge on any atom is 0.258 e. The minimum atomic E-state index is -0.171. The zero-order valence-corrected chi connectivity index (χ0v) is 14.0. The van der Waals surface area contributed by atoms with Gasteiger partial charge in [0.15, 0.2) is 0 Å². The molecule has 2 aliphatic carbocycles. The van der Waals surface area contributed by atoms with E-state index >= 15 is 0 Å². The minimum absolute atomic E-state index is 0.127. The van der Waals surface area contributed by atoms with Gasteiger partial charge in [0, 0.05) is 39.3 Å². The number of allylic oxidation sites excluding steroid dienone is 2. The second kappa shape index (κ2) is 6.43. The van der Waals surface area contributed by atoms with Crippen molar-refractivity contribution in [3.8, 4) is 0 Å². The van der Waals surface area contributed by atoms with E-state index in [0.29, 0.717) is 6.61 Å². The molecule has 2 amide bonds. The molecule has 2 aliphatic heterocycles. The van der Waals surface area contributed by atoms with Crippen molar-refractivity contribution < 1.29 is 14.4 Å². The molecule has 4 atom stereocenters. The summed E-state index contributed by atoms with van der Waals surface area (Å²) in [7, 11) is 0. The van der Waals surface area contributed by atoms with Crippen molar-refractivity contribution in [2.24, 2.45) is 23.7 Å². The first-order valence-corrected chi connectivity index (χ1v) is 8.93. The highest BCUT2D eigenvalue weighted by atomic mass is 16.7. The van der Waals surface area contributed by atoms with Crippen molar-refractivity contribution in [3.05, 3.63) is 24.8 Å². The van der Waals surface area contributed by atoms with Crippen LogP contribution in [-0.4, -0.2) is 72.6 Å². The fraction of sp³-hybridized carbons (Fsp3) is 0.667. The first-order valence-electron chi connectivity index (χ1n) is 8.93. The predicted octanol–water partition coefficient (Wildman–Crippen LogP) is 0.529. The second-order valence-electron chi connectivity index (χ2n) is 7.23. The zero-order valence-electron chi connectivity index (χ0n) is 14.0. The van der Waals surface area contributed by atoms with Crippen molar-refractivity contribution in [1.82, 2.24) is 14.9 Å². The van der Waals surface area contributed by atoms with Crippen LogP contribution >= 0.6 is 0 Å². The third-order valence-corrected chi connectivity index (χ3v) is 5.91. The van der Waals surface area contributed by atoms with E-state index in [4.69, 9.17) is 4.84 Å². The van der Waals surface area contributed by atoms with Gasteiger partial charge in [-0.15, -0.1) is 6.58 Å². The average Bonchev–Trinajstić information content (AvgIpc) is 3.26. The molecular weight excluding hydrogens is 306 g/mol. The highest BCUT2D eigenvalue weighted by molar-refractivity contribution is 6.05. The Kier molecular flexibility index (Phi) is 4.28. The van der Waals surface area contributed by atoms with Crippen LogP contribution in [-0.2, 0) is 14.4 Å². The van der Waals surface area contributed by atoms with Crippen LogP contribution in [0.3, 0.4) is 0 Å². The van der Waals surface area contributed by atoms with Crippen LogP contribution in [0.4, 0.5) is 0 Å². The Morgan fingerprint density at radius 3 is 2.21 bits per heavy atom. The van der Waals surface area contributed by atoms with Crippen LogP contribution in [0.2, 0.25) is 0 Å². The molecule has 130 valence electrons.